The van der Waals surface area contributed by atoms with Crippen LogP contribution < -0.4 is 10.1 Å². The number of rotatable bonds is 9. The highest BCUT2D eigenvalue weighted by Crippen LogP contribution is 2.18. The molecule has 1 atom stereocenters. The van der Waals surface area contributed by atoms with Crippen molar-refractivity contribution in [1.29, 1.82) is 0 Å². The van der Waals surface area contributed by atoms with E-state index in [4.69, 9.17) is 4.74 Å². The van der Waals surface area contributed by atoms with Crippen LogP contribution in [-0.2, 0) is 16.0 Å². The van der Waals surface area contributed by atoms with Gasteiger partial charge in [0, 0.05) is 19.6 Å². The summed E-state index contributed by atoms with van der Waals surface area (Å²) in [5, 5.41) is 12.3. The fourth-order valence-corrected chi connectivity index (χ4v) is 3.66. The van der Waals surface area contributed by atoms with Crippen LogP contribution in [0.5, 0.6) is 11.5 Å². The molecule has 6 heteroatoms. The second kappa shape index (κ2) is 11.2. The van der Waals surface area contributed by atoms with Crippen molar-refractivity contribution in [3.63, 3.8) is 0 Å². The van der Waals surface area contributed by atoms with Gasteiger partial charge in [0.25, 0.3) is 0 Å². The molecule has 2 amide bonds. The lowest BCUT2D eigenvalue weighted by Crippen LogP contribution is -2.45. The molecule has 30 heavy (non-hydrogen) atoms. The van der Waals surface area contributed by atoms with Crippen LogP contribution in [-0.4, -0.2) is 48.1 Å². The molecule has 2 aromatic carbocycles. The molecule has 0 bridgehead atoms. The lowest BCUT2D eigenvalue weighted by molar-refractivity contribution is -0.136. The van der Waals surface area contributed by atoms with Crippen LogP contribution in [0.25, 0.3) is 0 Å². The number of para-hydroxylation sites is 1. The van der Waals surface area contributed by atoms with Gasteiger partial charge in [-0.25, -0.2) is 0 Å². The Bertz CT molecular complexity index is 808. The molecule has 3 rings (SSSR count). The standard InChI is InChI=1S/C24H30N2O4/c27-21-12-10-19(11-13-21)6-4-15-25-24(29)20-7-5-16-26(18-20)23(28)14-17-30-22-8-2-1-3-9-22/h1-3,8-13,20,27H,4-7,14-18H2,(H,25,29). The highest BCUT2D eigenvalue weighted by atomic mass is 16.5. The molecule has 1 fully saturated rings. The van der Waals surface area contributed by atoms with Gasteiger partial charge in [-0.3, -0.25) is 9.59 Å². The molecule has 0 aromatic heterocycles. The Morgan fingerprint density at radius 2 is 1.87 bits per heavy atom. The first-order valence-corrected chi connectivity index (χ1v) is 10.6. The summed E-state index contributed by atoms with van der Waals surface area (Å²) in [7, 11) is 0. The maximum absolute atomic E-state index is 12.5. The quantitative estimate of drug-likeness (QED) is 0.623. The van der Waals surface area contributed by atoms with Crippen LogP contribution in [0.2, 0.25) is 0 Å². The highest BCUT2D eigenvalue weighted by molar-refractivity contribution is 5.81. The third-order valence-electron chi connectivity index (χ3n) is 5.35. The minimum atomic E-state index is -0.147. The molecular weight excluding hydrogens is 380 g/mol. The molecule has 1 unspecified atom stereocenters. The van der Waals surface area contributed by atoms with E-state index in [-0.39, 0.29) is 23.5 Å². The number of hydrogen-bond acceptors (Lipinski definition) is 4. The summed E-state index contributed by atoms with van der Waals surface area (Å²) in [6.45, 7) is 2.13. The van der Waals surface area contributed by atoms with Gasteiger partial charge in [0.2, 0.25) is 11.8 Å². The summed E-state index contributed by atoms with van der Waals surface area (Å²) >= 11 is 0. The molecule has 160 valence electrons. The molecule has 2 aromatic rings. The number of benzene rings is 2. The largest absolute Gasteiger partial charge is 0.508 e. The predicted octanol–water partition coefficient (Wildman–Crippen LogP) is 3.15. The number of aromatic hydroxyl groups is 1. The van der Waals surface area contributed by atoms with Crippen molar-refractivity contribution >= 4 is 11.8 Å². The zero-order chi connectivity index (χ0) is 21.2. The third-order valence-corrected chi connectivity index (χ3v) is 5.35. The molecule has 1 aliphatic rings. The smallest absolute Gasteiger partial charge is 0.226 e. The number of aryl methyl sites for hydroxylation is 1. The van der Waals surface area contributed by atoms with Crippen LogP contribution >= 0.6 is 0 Å². The Labute approximate surface area is 177 Å². The van der Waals surface area contributed by atoms with Gasteiger partial charge in [0.1, 0.15) is 11.5 Å². The summed E-state index contributed by atoms with van der Waals surface area (Å²) in [4.78, 5) is 26.8. The van der Waals surface area contributed by atoms with Crippen LogP contribution in [0.3, 0.4) is 0 Å². The van der Waals surface area contributed by atoms with Crippen molar-refractivity contribution in [3.05, 3.63) is 60.2 Å². The van der Waals surface area contributed by atoms with Crippen LogP contribution in [0.4, 0.5) is 0 Å². The zero-order valence-corrected chi connectivity index (χ0v) is 17.3. The molecule has 0 spiro atoms. The van der Waals surface area contributed by atoms with E-state index in [2.05, 4.69) is 5.32 Å². The number of carbonyl (C=O) groups excluding carboxylic acids is 2. The normalized spacial score (nSPS) is 16.1. The lowest BCUT2D eigenvalue weighted by atomic mass is 9.96. The lowest BCUT2D eigenvalue weighted by Gasteiger charge is -2.32. The molecule has 6 nitrogen and oxygen atoms in total. The molecule has 2 N–H and O–H groups in total. The Kier molecular flexibility index (Phi) is 8.12. The summed E-state index contributed by atoms with van der Waals surface area (Å²) in [5.74, 6) is 0.935. The summed E-state index contributed by atoms with van der Waals surface area (Å²) < 4.78 is 5.61. The van der Waals surface area contributed by atoms with E-state index < -0.39 is 0 Å². The van der Waals surface area contributed by atoms with Gasteiger partial charge >= 0.3 is 0 Å². The van der Waals surface area contributed by atoms with Crippen molar-refractivity contribution in [2.45, 2.75) is 32.1 Å². The molecule has 1 saturated heterocycles. The molecular formula is C24H30N2O4. The van der Waals surface area contributed by atoms with Crippen molar-refractivity contribution in [1.82, 2.24) is 10.2 Å². The zero-order valence-electron chi connectivity index (χ0n) is 17.3. The minimum absolute atomic E-state index is 0.0266. The van der Waals surface area contributed by atoms with Crippen molar-refractivity contribution in [2.75, 3.05) is 26.2 Å². The van der Waals surface area contributed by atoms with Gasteiger partial charge in [0.15, 0.2) is 0 Å². The highest BCUT2D eigenvalue weighted by Gasteiger charge is 2.28. The number of carbonyl (C=O) groups is 2. The maximum Gasteiger partial charge on any atom is 0.226 e. The van der Waals surface area contributed by atoms with Gasteiger partial charge < -0.3 is 20.1 Å². The van der Waals surface area contributed by atoms with E-state index in [1.165, 1.54) is 0 Å². The van der Waals surface area contributed by atoms with Crippen LogP contribution in [0, 0.1) is 5.92 Å². The van der Waals surface area contributed by atoms with E-state index in [1.54, 1.807) is 17.0 Å². The topological polar surface area (TPSA) is 78.9 Å². The Hall–Kier alpha value is -3.02. The number of phenolic OH excluding ortho intramolecular Hbond substituents is 1. The second-order valence-corrected chi connectivity index (χ2v) is 7.65. The first-order chi connectivity index (χ1) is 14.6. The number of hydrogen-bond donors (Lipinski definition) is 2. The summed E-state index contributed by atoms with van der Waals surface area (Å²) in [6.07, 6.45) is 3.65. The fraction of sp³-hybridized carbons (Fsp3) is 0.417. The summed E-state index contributed by atoms with van der Waals surface area (Å²) in [5.41, 5.74) is 1.13. The minimum Gasteiger partial charge on any atom is -0.508 e. The van der Waals surface area contributed by atoms with Gasteiger partial charge in [0.05, 0.1) is 18.9 Å². The first kappa shape index (κ1) is 21.7. The average Bonchev–Trinajstić information content (AvgIpc) is 2.78. The van der Waals surface area contributed by atoms with Crippen LogP contribution in [0.1, 0.15) is 31.2 Å². The first-order valence-electron chi connectivity index (χ1n) is 10.6. The van der Waals surface area contributed by atoms with E-state index in [9.17, 15) is 14.7 Å². The van der Waals surface area contributed by atoms with Gasteiger partial charge in [-0.15, -0.1) is 0 Å². The molecule has 0 aliphatic carbocycles. The Balaban J connectivity index is 1.35. The van der Waals surface area contributed by atoms with Gasteiger partial charge in [-0.05, 0) is 55.5 Å². The summed E-state index contributed by atoms with van der Waals surface area (Å²) in [6, 6.07) is 16.6. The molecule has 0 saturated carbocycles. The van der Waals surface area contributed by atoms with Crippen molar-refractivity contribution in [3.8, 4) is 11.5 Å². The van der Waals surface area contributed by atoms with E-state index in [0.717, 1.165) is 37.0 Å². The fourth-order valence-electron chi connectivity index (χ4n) is 3.66. The molecule has 1 aliphatic heterocycles. The number of ether oxygens (including phenoxy) is 1. The number of piperidine rings is 1. The number of amides is 2. The van der Waals surface area contributed by atoms with E-state index in [0.29, 0.717) is 32.7 Å². The average molecular weight is 411 g/mol. The second-order valence-electron chi connectivity index (χ2n) is 7.65. The Morgan fingerprint density at radius 3 is 2.63 bits per heavy atom. The number of nitrogens with one attached hydrogen (secondary N) is 1. The van der Waals surface area contributed by atoms with E-state index in [1.807, 2.05) is 42.5 Å². The molecule has 0 radical (unpaired) electrons. The predicted molar refractivity (Wildman–Crippen MR) is 115 cm³/mol. The maximum atomic E-state index is 12.5. The SMILES string of the molecule is O=C(NCCCc1ccc(O)cc1)C1CCCN(C(=O)CCOc2ccccc2)C1. The van der Waals surface area contributed by atoms with Crippen LogP contribution in [0.15, 0.2) is 54.6 Å². The number of phenols is 1. The van der Waals surface area contributed by atoms with Gasteiger partial charge in [-0.2, -0.15) is 0 Å². The van der Waals surface area contributed by atoms with Gasteiger partial charge in [-0.1, -0.05) is 30.3 Å². The van der Waals surface area contributed by atoms with Crippen molar-refractivity contribution in [2.24, 2.45) is 5.92 Å². The number of nitrogens with zero attached hydrogens (tertiary/aromatic N) is 1. The Morgan fingerprint density at radius 1 is 1.10 bits per heavy atom. The van der Waals surface area contributed by atoms with Crippen molar-refractivity contribution < 1.29 is 19.4 Å². The number of likely N-dealkylation sites (tertiary alicyclic amines) is 1. The monoisotopic (exact) mass is 410 g/mol. The third kappa shape index (κ3) is 6.79. The van der Waals surface area contributed by atoms with E-state index >= 15 is 0 Å². The molecule has 1 heterocycles.